The molecule has 9 nitrogen and oxygen atoms in total. The molecular formula is C27H47N3O6S. The van der Waals surface area contributed by atoms with Crippen LogP contribution in [0.3, 0.4) is 0 Å². The largest absolute Gasteiger partial charge is 0.444 e. The number of hydrogen-bond acceptors (Lipinski definition) is 7. The Morgan fingerprint density at radius 2 is 1.70 bits per heavy atom. The maximum atomic E-state index is 12.8. The molecule has 0 aromatic heterocycles. The summed E-state index contributed by atoms with van der Waals surface area (Å²) in [4.78, 5) is 26.8. The van der Waals surface area contributed by atoms with Crippen molar-refractivity contribution < 1.29 is 27.9 Å². The first kappa shape index (κ1) is 32.9. The van der Waals surface area contributed by atoms with Crippen molar-refractivity contribution in [3.05, 3.63) is 35.4 Å². The number of aliphatic hydroxyl groups excluding tert-OH is 1. The topological polar surface area (TPSA) is 139 Å². The highest BCUT2D eigenvalue weighted by Gasteiger charge is 2.30. The Hall–Kier alpha value is -2.17. The highest BCUT2D eigenvalue weighted by Crippen LogP contribution is 2.17. The van der Waals surface area contributed by atoms with Crippen LogP contribution in [0.5, 0.6) is 0 Å². The van der Waals surface area contributed by atoms with E-state index in [4.69, 9.17) is 10.5 Å². The number of nitrogens with zero attached hydrogens (tertiary/aromatic N) is 1. The summed E-state index contributed by atoms with van der Waals surface area (Å²) in [5, 5.41) is 12.6. The van der Waals surface area contributed by atoms with Crippen LogP contribution in [0.25, 0.3) is 0 Å². The van der Waals surface area contributed by atoms with Crippen LogP contribution in [0, 0.1) is 0 Å². The number of amides is 2. The molecule has 10 heteroatoms. The minimum Gasteiger partial charge on any atom is -0.444 e. The molecule has 0 saturated heterocycles. The molecule has 212 valence electrons. The van der Waals surface area contributed by atoms with Crippen molar-refractivity contribution in [1.82, 2.24) is 10.2 Å². The molecule has 4 N–H and O–H groups in total. The number of sulfone groups is 1. The number of carbonyl (C=O) groups is 2. The standard InChI is InChI=1S/C27H47N3O6S/c1-7-11-23(12-8-2)37(34,35)19-24(28)25(32)29-16-22(31)18-30(26(33)36-27(4,5)6)17-21-14-10-13-20(9-3)15-21/h10,13-15,22-24,31H,7-9,11-12,16-19,28H2,1-6H3,(H,29,32)/t22-,24?/m0/s1. The minimum atomic E-state index is -3.54. The van der Waals surface area contributed by atoms with Gasteiger partial charge in [-0.2, -0.15) is 0 Å². The van der Waals surface area contributed by atoms with Gasteiger partial charge in [-0.05, 0) is 51.2 Å². The van der Waals surface area contributed by atoms with Gasteiger partial charge in [-0.3, -0.25) is 4.79 Å². The number of benzene rings is 1. The molecule has 0 aliphatic carbocycles. The number of aliphatic hydroxyl groups is 1. The van der Waals surface area contributed by atoms with Gasteiger partial charge in [0.15, 0.2) is 9.84 Å². The minimum absolute atomic E-state index is 0.0891. The Morgan fingerprint density at radius 1 is 1.11 bits per heavy atom. The van der Waals surface area contributed by atoms with Crippen LogP contribution in [-0.2, 0) is 32.3 Å². The molecule has 0 aliphatic rings. The normalized spacial score (nSPS) is 13.8. The molecule has 0 spiro atoms. The van der Waals surface area contributed by atoms with E-state index in [1.165, 1.54) is 4.90 Å². The Balaban J connectivity index is 2.81. The maximum absolute atomic E-state index is 12.8. The fraction of sp³-hybridized carbons (Fsp3) is 0.704. The number of aryl methyl sites for hydroxylation is 1. The summed E-state index contributed by atoms with van der Waals surface area (Å²) >= 11 is 0. The quantitative estimate of drug-likeness (QED) is 0.310. The van der Waals surface area contributed by atoms with Crippen LogP contribution in [-0.4, -0.2) is 72.3 Å². The van der Waals surface area contributed by atoms with Crippen LogP contribution >= 0.6 is 0 Å². The first-order valence-electron chi connectivity index (χ1n) is 13.2. The second kappa shape index (κ2) is 15.3. The summed E-state index contributed by atoms with van der Waals surface area (Å²) in [7, 11) is -3.54. The van der Waals surface area contributed by atoms with Gasteiger partial charge in [-0.1, -0.05) is 57.9 Å². The Morgan fingerprint density at radius 3 is 2.24 bits per heavy atom. The van der Waals surface area contributed by atoms with E-state index in [1.54, 1.807) is 20.8 Å². The van der Waals surface area contributed by atoms with Gasteiger partial charge in [0, 0.05) is 13.1 Å². The highest BCUT2D eigenvalue weighted by atomic mass is 32.2. The Kier molecular flexibility index (Phi) is 13.6. The van der Waals surface area contributed by atoms with Gasteiger partial charge in [0.05, 0.1) is 29.7 Å². The van der Waals surface area contributed by atoms with E-state index >= 15 is 0 Å². The molecule has 0 aliphatic heterocycles. The van der Waals surface area contributed by atoms with Crippen LogP contribution in [0.15, 0.2) is 24.3 Å². The first-order chi connectivity index (χ1) is 17.2. The van der Waals surface area contributed by atoms with Crippen molar-refractivity contribution in [2.75, 3.05) is 18.8 Å². The highest BCUT2D eigenvalue weighted by molar-refractivity contribution is 7.92. The molecule has 37 heavy (non-hydrogen) atoms. The molecule has 1 unspecified atom stereocenters. The summed E-state index contributed by atoms with van der Waals surface area (Å²) in [5.41, 5.74) is 7.21. The smallest absolute Gasteiger partial charge is 0.410 e. The van der Waals surface area contributed by atoms with Crippen molar-refractivity contribution in [2.45, 2.75) is 103 Å². The van der Waals surface area contributed by atoms with Gasteiger partial charge >= 0.3 is 6.09 Å². The van der Waals surface area contributed by atoms with Crippen molar-refractivity contribution in [3.8, 4) is 0 Å². The average molecular weight is 542 g/mol. The molecule has 0 saturated carbocycles. The monoisotopic (exact) mass is 541 g/mol. The first-order valence-corrected chi connectivity index (χ1v) is 14.9. The third-order valence-corrected chi connectivity index (χ3v) is 8.16. The third kappa shape index (κ3) is 12.3. The van der Waals surface area contributed by atoms with Crippen LogP contribution in [0.1, 0.15) is 78.4 Å². The van der Waals surface area contributed by atoms with E-state index in [0.29, 0.717) is 12.8 Å². The zero-order chi connectivity index (χ0) is 28.2. The number of nitrogens with one attached hydrogen (secondary N) is 1. The van der Waals surface area contributed by atoms with Gasteiger partial charge in [0.1, 0.15) is 5.60 Å². The van der Waals surface area contributed by atoms with Gasteiger partial charge < -0.3 is 25.8 Å². The molecular weight excluding hydrogens is 494 g/mol. The fourth-order valence-electron chi connectivity index (χ4n) is 3.98. The fourth-order valence-corrected chi connectivity index (χ4v) is 6.09. The van der Waals surface area contributed by atoms with E-state index in [-0.39, 0.29) is 19.6 Å². The second-order valence-electron chi connectivity index (χ2n) is 10.6. The summed E-state index contributed by atoms with van der Waals surface area (Å²) in [5.74, 6) is -1.11. The maximum Gasteiger partial charge on any atom is 0.410 e. The van der Waals surface area contributed by atoms with E-state index in [0.717, 1.165) is 30.4 Å². The summed E-state index contributed by atoms with van der Waals surface area (Å²) in [6.07, 6.45) is 1.68. The van der Waals surface area contributed by atoms with E-state index in [1.807, 2.05) is 45.0 Å². The summed E-state index contributed by atoms with van der Waals surface area (Å²) < 4.78 is 31.0. The van der Waals surface area contributed by atoms with Crippen molar-refractivity contribution in [2.24, 2.45) is 5.73 Å². The molecule has 0 bridgehead atoms. The Labute approximate surface area is 223 Å². The molecule has 0 heterocycles. The van der Waals surface area contributed by atoms with Gasteiger partial charge in [0.25, 0.3) is 0 Å². The molecule has 1 aromatic carbocycles. The second-order valence-corrected chi connectivity index (χ2v) is 12.9. The van der Waals surface area contributed by atoms with E-state index in [9.17, 15) is 23.1 Å². The molecule has 2 amide bonds. The lowest BCUT2D eigenvalue weighted by molar-refractivity contribution is -0.122. The molecule has 2 atom stereocenters. The number of nitrogens with two attached hydrogens (primary N) is 1. The van der Waals surface area contributed by atoms with Crippen LogP contribution < -0.4 is 11.1 Å². The van der Waals surface area contributed by atoms with Crippen LogP contribution in [0.4, 0.5) is 4.79 Å². The lowest BCUT2D eigenvalue weighted by atomic mass is 10.1. The molecule has 0 fully saturated rings. The predicted molar refractivity (Wildman–Crippen MR) is 147 cm³/mol. The third-order valence-electron chi connectivity index (χ3n) is 5.85. The Bertz CT molecular complexity index is 955. The molecule has 1 aromatic rings. The van der Waals surface area contributed by atoms with Gasteiger partial charge in [-0.25, -0.2) is 13.2 Å². The van der Waals surface area contributed by atoms with E-state index < -0.39 is 50.6 Å². The molecule has 0 radical (unpaired) electrons. The number of carbonyl (C=O) groups excluding carboxylic acids is 2. The number of hydrogen-bond donors (Lipinski definition) is 3. The van der Waals surface area contributed by atoms with Crippen molar-refractivity contribution in [1.29, 1.82) is 0 Å². The van der Waals surface area contributed by atoms with E-state index in [2.05, 4.69) is 5.32 Å². The lowest BCUT2D eigenvalue weighted by Crippen LogP contribution is -2.50. The number of rotatable bonds is 15. The van der Waals surface area contributed by atoms with Gasteiger partial charge in [0.2, 0.25) is 5.91 Å². The average Bonchev–Trinajstić information content (AvgIpc) is 2.80. The SMILES string of the molecule is CCCC(CCC)S(=O)(=O)CC(N)C(=O)NC[C@H](O)CN(Cc1cccc(CC)c1)C(=O)OC(C)(C)C. The predicted octanol–water partition coefficient (Wildman–Crippen LogP) is 3.17. The number of ether oxygens (including phenoxy) is 1. The lowest BCUT2D eigenvalue weighted by Gasteiger charge is -2.29. The van der Waals surface area contributed by atoms with Crippen molar-refractivity contribution >= 4 is 21.8 Å². The summed E-state index contributed by atoms with van der Waals surface area (Å²) in [6.45, 7) is 11.1. The molecule has 1 rings (SSSR count). The zero-order valence-corrected chi connectivity index (χ0v) is 24.1. The van der Waals surface area contributed by atoms with Crippen molar-refractivity contribution in [3.63, 3.8) is 0 Å². The zero-order valence-electron chi connectivity index (χ0n) is 23.3. The van der Waals surface area contributed by atoms with Gasteiger partial charge in [-0.15, -0.1) is 0 Å². The summed E-state index contributed by atoms with van der Waals surface area (Å²) in [6, 6.07) is 6.57. The van der Waals surface area contributed by atoms with Crippen LogP contribution in [0.2, 0.25) is 0 Å².